The van der Waals surface area contributed by atoms with E-state index in [4.69, 9.17) is 0 Å². The van der Waals surface area contributed by atoms with Crippen LogP contribution < -0.4 is 10.6 Å². The average molecular weight is 313 g/mol. The first-order valence-electron chi connectivity index (χ1n) is 8.19. The molecule has 3 rings (SSSR count). The van der Waals surface area contributed by atoms with E-state index < -0.39 is 0 Å². The highest BCUT2D eigenvalue weighted by molar-refractivity contribution is 5.74. The normalized spacial score (nSPS) is 17.2. The van der Waals surface area contributed by atoms with Crippen molar-refractivity contribution in [3.05, 3.63) is 47.5 Å². The second-order valence-electron chi connectivity index (χ2n) is 5.95. The largest absolute Gasteiger partial charge is 0.338 e. The van der Waals surface area contributed by atoms with Crippen molar-refractivity contribution in [2.24, 2.45) is 7.05 Å². The fraction of sp³-hybridized carbons (Fsp3) is 0.471. The maximum atomic E-state index is 12.2. The smallest absolute Gasteiger partial charge is 0.315 e. The number of benzene rings is 1. The fourth-order valence-corrected chi connectivity index (χ4v) is 3.11. The van der Waals surface area contributed by atoms with Gasteiger partial charge in [-0.3, -0.25) is 4.68 Å². The molecule has 1 aromatic heterocycles. The summed E-state index contributed by atoms with van der Waals surface area (Å²) in [5, 5.41) is 10.1. The van der Waals surface area contributed by atoms with Gasteiger partial charge in [0.2, 0.25) is 0 Å². The summed E-state index contributed by atoms with van der Waals surface area (Å²) in [6, 6.07) is 8.40. The highest BCUT2D eigenvalue weighted by Crippen LogP contribution is 2.28. The summed E-state index contributed by atoms with van der Waals surface area (Å²) in [4.78, 5) is 16.3. The standard InChI is InChI=1S/C17H23N5O/c1-22-16(19-12-20-22)10-11-18-17(23)21-15-9-5-3-7-13-6-2-4-8-14(13)15/h2,4,6,8,12,15H,3,5,7,9-11H2,1H3,(H2,18,21,23)/t15-/m1/s1. The number of nitrogens with one attached hydrogen (secondary N) is 2. The highest BCUT2D eigenvalue weighted by atomic mass is 16.2. The number of nitrogens with zero attached hydrogens (tertiary/aromatic N) is 3. The maximum absolute atomic E-state index is 12.2. The number of hydrogen-bond acceptors (Lipinski definition) is 3. The molecule has 6 nitrogen and oxygen atoms in total. The molecule has 1 heterocycles. The molecule has 1 aliphatic carbocycles. The third-order valence-corrected chi connectivity index (χ3v) is 4.36. The van der Waals surface area contributed by atoms with E-state index in [1.54, 1.807) is 4.68 Å². The molecule has 0 saturated carbocycles. The summed E-state index contributed by atoms with van der Waals surface area (Å²) < 4.78 is 1.72. The SMILES string of the molecule is Cn1ncnc1CCNC(=O)N[C@@H]1CCCCc2ccccc21. The van der Waals surface area contributed by atoms with Crippen molar-refractivity contribution in [3.8, 4) is 0 Å². The first-order valence-corrected chi connectivity index (χ1v) is 8.19. The minimum Gasteiger partial charge on any atom is -0.338 e. The molecule has 0 bridgehead atoms. The molecule has 0 aliphatic heterocycles. The minimum absolute atomic E-state index is 0.100. The number of fused-ring (bicyclic) bond motifs is 1. The number of hydrogen-bond donors (Lipinski definition) is 2. The van der Waals surface area contributed by atoms with E-state index in [1.165, 1.54) is 23.9 Å². The van der Waals surface area contributed by atoms with Crippen LogP contribution in [-0.2, 0) is 19.9 Å². The summed E-state index contributed by atoms with van der Waals surface area (Å²) in [7, 11) is 1.85. The second-order valence-corrected chi connectivity index (χ2v) is 5.95. The van der Waals surface area contributed by atoms with Crippen LogP contribution in [-0.4, -0.2) is 27.3 Å². The topological polar surface area (TPSA) is 71.8 Å². The molecular formula is C17H23N5O. The Labute approximate surface area is 136 Å². The maximum Gasteiger partial charge on any atom is 0.315 e. The van der Waals surface area contributed by atoms with Crippen molar-refractivity contribution >= 4 is 6.03 Å². The Morgan fingerprint density at radius 3 is 3.04 bits per heavy atom. The number of aromatic nitrogens is 3. The number of amides is 2. The van der Waals surface area contributed by atoms with Crippen LogP contribution in [0.25, 0.3) is 0 Å². The lowest BCUT2D eigenvalue weighted by molar-refractivity contribution is 0.236. The Bertz CT molecular complexity index is 667. The van der Waals surface area contributed by atoms with Crippen LogP contribution in [0.2, 0.25) is 0 Å². The van der Waals surface area contributed by atoms with E-state index in [2.05, 4.69) is 38.9 Å². The zero-order valence-electron chi connectivity index (χ0n) is 13.5. The third kappa shape index (κ3) is 3.88. The molecule has 0 radical (unpaired) electrons. The molecule has 23 heavy (non-hydrogen) atoms. The fourth-order valence-electron chi connectivity index (χ4n) is 3.11. The van der Waals surface area contributed by atoms with Crippen LogP contribution in [0.15, 0.2) is 30.6 Å². The molecule has 6 heteroatoms. The van der Waals surface area contributed by atoms with Gasteiger partial charge in [-0.1, -0.05) is 30.7 Å². The molecule has 0 saturated heterocycles. The lowest BCUT2D eigenvalue weighted by Crippen LogP contribution is -2.39. The zero-order chi connectivity index (χ0) is 16.1. The Morgan fingerprint density at radius 1 is 1.35 bits per heavy atom. The Morgan fingerprint density at radius 2 is 2.22 bits per heavy atom. The molecule has 1 atom stereocenters. The van der Waals surface area contributed by atoms with Crippen molar-refractivity contribution < 1.29 is 4.79 Å². The minimum atomic E-state index is -0.117. The van der Waals surface area contributed by atoms with Crippen LogP contribution in [0.3, 0.4) is 0 Å². The summed E-state index contributed by atoms with van der Waals surface area (Å²) in [6.07, 6.45) is 6.61. The summed E-state index contributed by atoms with van der Waals surface area (Å²) in [5.41, 5.74) is 2.61. The van der Waals surface area contributed by atoms with E-state index in [0.717, 1.165) is 25.1 Å². The molecule has 2 aromatic rings. The molecule has 1 aliphatic rings. The molecule has 2 amide bonds. The Balaban J connectivity index is 1.54. The molecule has 0 unspecified atom stereocenters. The lowest BCUT2D eigenvalue weighted by atomic mass is 9.99. The number of carbonyl (C=O) groups is 1. The number of urea groups is 1. The molecular weight excluding hydrogens is 290 g/mol. The van der Waals surface area contributed by atoms with Gasteiger partial charge in [0.1, 0.15) is 12.2 Å². The van der Waals surface area contributed by atoms with Gasteiger partial charge in [-0.05, 0) is 30.4 Å². The predicted octanol–water partition coefficient (Wildman–Crippen LogP) is 2.12. The van der Waals surface area contributed by atoms with Gasteiger partial charge in [0, 0.05) is 20.0 Å². The van der Waals surface area contributed by atoms with E-state index in [9.17, 15) is 4.79 Å². The van der Waals surface area contributed by atoms with Crippen molar-refractivity contribution in [1.29, 1.82) is 0 Å². The van der Waals surface area contributed by atoms with Crippen molar-refractivity contribution in [2.75, 3.05) is 6.54 Å². The number of carbonyl (C=O) groups excluding carboxylic acids is 1. The first kappa shape index (κ1) is 15.5. The zero-order valence-corrected chi connectivity index (χ0v) is 13.5. The van der Waals surface area contributed by atoms with Gasteiger partial charge in [-0.25, -0.2) is 9.78 Å². The molecule has 122 valence electrons. The van der Waals surface area contributed by atoms with Gasteiger partial charge in [-0.15, -0.1) is 0 Å². The third-order valence-electron chi connectivity index (χ3n) is 4.36. The summed E-state index contributed by atoms with van der Waals surface area (Å²) >= 11 is 0. The molecule has 1 aromatic carbocycles. The van der Waals surface area contributed by atoms with E-state index in [1.807, 2.05) is 13.1 Å². The van der Waals surface area contributed by atoms with Crippen LogP contribution in [0.4, 0.5) is 4.79 Å². The van der Waals surface area contributed by atoms with Crippen LogP contribution >= 0.6 is 0 Å². The van der Waals surface area contributed by atoms with Crippen molar-refractivity contribution in [3.63, 3.8) is 0 Å². The summed E-state index contributed by atoms with van der Waals surface area (Å²) in [5.74, 6) is 0.866. The Hall–Kier alpha value is -2.37. The predicted molar refractivity (Wildman–Crippen MR) is 88.0 cm³/mol. The van der Waals surface area contributed by atoms with Gasteiger partial charge in [0.25, 0.3) is 0 Å². The van der Waals surface area contributed by atoms with E-state index >= 15 is 0 Å². The van der Waals surface area contributed by atoms with Gasteiger partial charge in [0.05, 0.1) is 6.04 Å². The lowest BCUT2D eigenvalue weighted by Gasteiger charge is -2.19. The summed E-state index contributed by atoms with van der Waals surface area (Å²) in [6.45, 7) is 0.548. The quantitative estimate of drug-likeness (QED) is 0.849. The van der Waals surface area contributed by atoms with Gasteiger partial charge < -0.3 is 10.6 Å². The van der Waals surface area contributed by atoms with E-state index in [0.29, 0.717) is 13.0 Å². The Kier molecular flexibility index (Phi) is 4.90. The van der Waals surface area contributed by atoms with Crippen LogP contribution in [0, 0.1) is 0 Å². The van der Waals surface area contributed by atoms with Crippen LogP contribution in [0.5, 0.6) is 0 Å². The van der Waals surface area contributed by atoms with Crippen molar-refractivity contribution in [2.45, 2.75) is 38.1 Å². The second kappa shape index (κ2) is 7.26. The monoisotopic (exact) mass is 313 g/mol. The highest BCUT2D eigenvalue weighted by Gasteiger charge is 2.19. The van der Waals surface area contributed by atoms with E-state index in [-0.39, 0.29) is 12.1 Å². The van der Waals surface area contributed by atoms with Gasteiger partial charge >= 0.3 is 6.03 Å². The average Bonchev–Trinajstić information content (AvgIpc) is 2.85. The van der Waals surface area contributed by atoms with Crippen LogP contribution in [0.1, 0.15) is 42.3 Å². The van der Waals surface area contributed by atoms with Gasteiger partial charge in [-0.2, -0.15) is 5.10 Å². The molecule has 2 N–H and O–H groups in total. The number of rotatable bonds is 4. The van der Waals surface area contributed by atoms with Crippen molar-refractivity contribution in [1.82, 2.24) is 25.4 Å². The van der Waals surface area contributed by atoms with Gasteiger partial charge in [0.15, 0.2) is 0 Å². The molecule has 0 spiro atoms. The molecule has 0 fully saturated rings. The number of aryl methyl sites for hydroxylation is 2. The first-order chi connectivity index (χ1) is 11.2.